The number of para-hydroxylation sites is 3. The van der Waals surface area contributed by atoms with Crippen LogP contribution in [-0.4, -0.2) is 95.3 Å². The van der Waals surface area contributed by atoms with Gasteiger partial charge in [-0.1, -0.05) is 84.0 Å². The van der Waals surface area contributed by atoms with E-state index in [0.29, 0.717) is 64.2 Å². The SMILES string of the molecule is C/C(=N/O)c1ccccc1.CC(=O)O.CC(=O)O.CCOC(=O)/C(C)=C(/C)N.CCOC(=O)C(C)C(C)=O.COc1cccc(/C=C/c2nc(C)c(C)c(=O)n2-c2ccccc2)c1O.Cc1nc(C)n(-c2ccccc2)c(=O)c1C.N. The van der Waals surface area contributed by atoms with E-state index in [1.807, 2.05) is 119 Å². The number of hydrogen-bond acceptors (Lipinski definition) is 17. The van der Waals surface area contributed by atoms with Crippen molar-refractivity contribution in [3.05, 3.63) is 186 Å². The number of Topliss-reactive ketones (excluding diaryl/α,β-unsaturated/α-hetero) is 1. The molecule has 4 aromatic carbocycles. The predicted octanol–water partition coefficient (Wildman–Crippen LogP) is 9.70. The van der Waals surface area contributed by atoms with Gasteiger partial charge in [-0.15, -0.1) is 0 Å². The number of aryl methyl sites for hydroxylation is 3. The van der Waals surface area contributed by atoms with Gasteiger partial charge in [-0.2, -0.15) is 0 Å². The number of hydrogen-bond donors (Lipinski definition) is 6. The van der Waals surface area contributed by atoms with E-state index in [1.165, 1.54) is 14.0 Å². The standard InChI is InChI=1S/C21H20N2O3.C13H14N2O.C8H9NO.C7H13NO2.C7H12O3.2C2H4O2.H3N/c1-14-15(2)22-19(23(21(14)25)17-9-5-4-6-10-17)13-12-16-8-7-11-18(26-3)20(16)24;1-9-10(2)14-11(3)15(13(9)16)12-7-5-4-6-8-12;1-7(9-10)8-5-3-2-4-6-8;2*1-4-10-7(9)5(2)6(3)8;2*1-2(3)4;/h4-13,24H,1-3H3;4-8H,1-3H3;2-6,10H,1H3;4,8H2,1-3H3;5H,4H2,1-3H3;2*1H3,(H,3,4);1H3/b13-12+;;9-7-;6-5-;;;;. The number of carboxylic acids is 2. The number of carbonyl (C=O) groups excluding carboxylic acids is 3. The number of ether oxygens (including phenoxy) is 3. The summed E-state index contributed by atoms with van der Waals surface area (Å²) in [6.07, 6.45) is 3.43. The van der Waals surface area contributed by atoms with Crippen LogP contribution in [0.25, 0.3) is 23.5 Å². The first-order valence-electron chi connectivity index (χ1n) is 24.9. The molecular weight excluding hydrogens is 1040 g/mol. The number of phenols is 1. The zero-order chi connectivity index (χ0) is 61.2. The van der Waals surface area contributed by atoms with Crippen molar-refractivity contribution in [2.75, 3.05) is 20.3 Å². The molecule has 0 amide bonds. The van der Waals surface area contributed by atoms with Crippen molar-refractivity contribution in [3.63, 3.8) is 0 Å². The average molecular weight is 1120 g/mol. The molecule has 81 heavy (non-hydrogen) atoms. The molecule has 6 rings (SSSR count). The second-order valence-electron chi connectivity index (χ2n) is 16.9. The number of phenolic OH excluding ortho intramolecular Hbond substituents is 1. The molecule has 21 nitrogen and oxygen atoms in total. The van der Waals surface area contributed by atoms with Crippen molar-refractivity contribution in [3.8, 4) is 22.9 Å². The largest absolute Gasteiger partial charge is 0.504 e. The molecule has 6 aromatic rings. The normalized spacial score (nSPS) is 10.7. The lowest BCUT2D eigenvalue weighted by atomic mass is 10.1. The number of ketones is 1. The lowest BCUT2D eigenvalue weighted by Crippen LogP contribution is -2.25. The van der Waals surface area contributed by atoms with Crippen LogP contribution in [0, 0.1) is 40.5 Å². The van der Waals surface area contributed by atoms with Crippen LogP contribution < -0.4 is 27.7 Å². The Morgan fingerprint density at radius 3 is 1.51 bits per heavy atom. The smallest absolute Gasteiger partial charge is 0.335 e. The van der Waals surface area contributed by atoms with E-state index in [4.69, 9.17) is 35.5 Å². The zero-order valence-electron chi connectivity index (χ0n) is 48.9. The van der Waals surface area contributed by atoms with Crippen molar-refractivity contribution in [2.24, 2.45) is 16.8 Å². The molecular formula is C60H79N7O14. The summed E-state index contributed by atoms with van der Waals surface area (Å²) in [5.74, 6) is -1.55. The fourth-order valence-corrected chi connectivity index (χ4v) is 5.97. The van der Waals surface area contributed by atoms with Crippen LogP contribution in [0.3, 0.4) is 0 Å². The van der Waals surface area contributed by atoms with E-state index >= 15 is 0 Å². The molecule has 0 aliphatic carbocycles. The maximum Gasteiger partial charge on any atom is 0.335 e. The van der Waals surface area contributed by atoms with Gasteiger partial charge in [0.2, 0.25) is 0 Å². The molecule has 21 heteroatoms. The number of aromatic nitrogens is 4. The molecule has 2 heterocycles. The number of esters is 2. The van der Waals surface area contributed by atoms with Crippen LogP contribution in [0.1, 0.15) is 108 Å². The van der Waals surface area contributed by atoms with Crippen LogP contribution >= 0.6 is 0 Å². The number of nitrogens with zero attached hydrogens (tertiary/aromatic N) is 5. The first kappa shape index (κ1) is 73.6. The molecule has 0 spiro atoms. The van der Waals surface area contributed by atoms with Gasteiger partial charge in [0.15, 0.2) is 11.5 Å². The molecule has 2 aromatic heterocycles. The minimum Gasteiger partial charge on any atom is -0.504 e. The average Bonchev–Trinajstić information content (AvgIpc) is 3.42. The van der Waals surface area contributed by atoms with E-state index in [2.05, 4.69) is 24.6 Å². The Labute approximate surface area is 473 Å². The highest BCUT2D eigenvalue weighted by Crippen LogP contribution is 2.30. The molecule has 0 aliphatic rings. The molecule has 0 saturated heterocycles. The summed E-state index contributed by atoms with van der Waals surface area (Å²) in [5.41, 5.74) is 12.8. The third-order valence-electron chi connectivity index (χ3n) is 10.8. The van der Waals surface area contributed by atoms with Gasteiger partial charge < -0.3 is 46.6 Å². The summed E-state index contributed by atoms with van der Waals surface area (Å²) >= 11 is 0. The van der Waals surface area contributed by atoms with Gasteiger partial charge in [0.05, 0.1) is 43.0 Å². The fraction of sp³-hybridized carbons (Fsp3) is 0.300. The molecule has 0 bridgehead atoms. The lowest BCUT2D eigenvalue weighted by Gasteiger charge is -2.12. The molecule has 1 atom stereocenters. The van der Waals surface area contributed by atoms with E-state index < -0.39 is 23.8 Å². The third-order valence-corrected chi connectivity index (χ3v) is 10.8. The number of carboxylic acid groups (broad SMARTS) is 2. The second-order valence-corrected chi connectivity index (χ2v) is 16.9. The first-order valence-corrected chi connectivity index (χ1v) is 24.9. The topological polar surface area (TPSA) is 337 Å². The van der Waals surface area contributed by atoms with E-state index in [-0.39, 0.29) is 34.8 Å². The van der Waals surface area contributed by atoms with Crippen molar-refractivity contribution in [2.45, 2.75) is 96.9 Å². The van der Waals surface area contributed by atoms with Gasteiger partial charge in [-0.25, -0.2) is 14.8 Å². The van der Waals surface area contributed by atoms with Crippen molar-refractivity contribution >= 4 is 47.5 Å². The van der Waals surface area contributed by atoms with Crippen LogP contribution in [0.2, 0.25) is 0 Å². The molecule has 0 aliphatic heterocycles. The fourth-order valence-electron chi connectivity index (χ4n) is 5.97. The Kier molecular flexibility index (Phi) is 35.4. The summed E-state index contributed by atoms with van der Waals surface area (Å²) in [6, 6.07) is 33.7. The van der Waals surface area contributed by atoms with Crippen LogP contribution in [0.5, 0.6) is 11.5 Å². The van der Waals surface area contributed by atoms with Gasteiger partial charge in [0, 0.05) is 47.6 Å². The monoisotopic (exact) mass is 1120 g/mol. The number of methoxy groups -OCH3 is 1. The van der Waals surface area contributed by atoms with Crippen molar-refractivity contribution < 1.29 is 58.7 Å². The molecule has 0 radical (unpaired) electrons. The van der Waals surface area contributed by atoms with Crippen LogP contribution in [-0.2, 0) is 33.4 Å². The quantitative estimate of drug-likeness (QED) is 0.0175. The Hall–Kier alpha value is -9.50. The van der Waals surface area contributed by atoms with Gasteiger partial charge in [-0.05, 0) is 131 Å². The number of rotatable bonds is 11. The van der Waals surface area contributed by atoms with Gasteiger partial charge >= 0.3 is 11.9 Å². The Bertz CT molecular complexity index is 3150. The number of benzene rings is 4. The highest BCUT2D eigenvalue weighted by molar-refractivity contribution is 5.98. The number of nitrogens with two attached hydrogens (primary N) is 1. The van der Waals surface area contributed by atoms with Gasteiger partial charge in [0.1, 0.15) is 23.3 Å². The van der Waals surface area contributed by atoms with Crippen LogP contribution in [0.15, 0.2) is 135 Å². The Morgan fingerprint density at radius 2 is 1.09 bits per heavy atom. The number of aliphatic carboxylic acids is 2. The summed E-state index contributed by atoms with van der Waals surface area (Å²) in [6.45, 7) is 23.5. The maximum absolute atomic E-state index is 12.8. The third kappa shape index (κ3) is 26.6. The molecule has 1 unspecified atom stereocenters. The summed E-state index contributed by atoms with van der Waals surface area (Å²) in [5, 5.41) is 36.5. The number of allylic oxidation sites excluding steroid dienone is 1. The summed E-state index contributed by atoms with van der Waals surface area (Å²) in [7, 11) is 1.50. The highest BCUT2D eigenvalue weighted by Gasteiger charge is 2.18. The minimum absolute atomic E-state index is 0. The van der Waals surface area contributed by atoms with E-state index in [1.54, 1.807) is 88.0 Å². The molecule has 9 N–H and O–H groups in total. The number of aromatic hydroxyl groups is 1. The lowest BCUT2D eigenvalue weighted by molar-refractivity contribution is -0.150. The number of carbonyl (C=O) groups is 5. The minimum atomic E-state index is -0.833. The molecule has 438 valence electrons. The predicted molar refractivity (Wildman–Crippen MR) is 315 cm³/mol. The maximum atomic E-state index is 12.8. The first-order chi connectivity index (χ1) is 37.6. The van der Waals surface area contributed by atoms with E-state index in [0.717, 1.165) is 42.3 Å². The van der Waals surface area contributed by atoms with Gasteiger partial charge in [-0.3, -0.25) is 37.9 Å². The summed E-state index contributed by atoms with van der Waals surface area (Å²) < 4.78 is 17.6. The van der Waals surface area contributed by atoms with Crippen LogP contribution in [0.4, 0.5) is 0 Å². The van der Waals surface area contributed by atoms with Crippen molar-refractivity contribution in [1.82, 2.24) is 25.3 Å². The Morgan fingerprint density at radius 1 is 0.654 bits per heavy atom. The number of oxime groups is 1. The van der Waals surface area contributed by atoms with Gasteiger partial charge in [0.25, 0.3) is 23.1 Å². The Balaban J connectivity index is 0. The molecule has 0 fully saturated rings. The zero-order valence-corrected chi connectivity index (χ0v) is 48.9. The summed E-state index contributed by atoms with van der Waals surface area (Å²) in [4.78, 5) is 84.0. The second kappa shape index (κ2) is 39.0. The highest BCUT2D eigenvalue weighted by atomic mass is 16.5. The molecule has 0 saturated carbocycles. The van der Waals surface area contributed by atoms with E-state index in [9.17, 15) is 29.1 Å². The van der Waals surface area contributed by atoms with Crippen molar-refractivity contribution in [1.29, 1.82) is 0 Å².